The number of carbonyl (C=O) groups is 2. The molecule has 1 aliphatic rings. The standard InChI is InChI=1S/C22H29N6O14PS2/c1-9(29)15-10(4-5-45-15)25-20(31)40-14-13(30)11(6-38-22(33,7-36-2)41-21(32)42-43(34,35)37-3)39-18(14)28-8-24-12-16(28)26-19(23)27-17(12)44/h4-5,8,11,13-14,18,21,30,32-33H,6-7H2,1-3H3,(H,25,31)(H,34,35)(H3,23,26,27,44). The molecule has 20 nitrogen and oxygen atoms in total. The van der Waals surface area contributed by atoms with Crippen LogP contribution in [0.5, 0.6) is 0 Å². The van der Waals surface area contributed by atoms with Crippen LogP contribution in [0.4, 0.5) is 16.4 Å². The zero-order chi connectivity index (χ0) is 33.1. The van der Waals surface area contributed by atoms with E-state index in [1.54, 1.807) is 5.38 Å². The second kappa shape index (κ2) is 14.2. The van der Waals surface area contributed by atoms with Crippen LogP contribution in [0.25, 0.3) is 11.2 Å². The summed E-state index contributed by atoms with van der Waals surface area (Å²) in [6.45, 7) is -2.71. The zero-order valence-corrected chi connectivity index (χ0v) is 26.1. The molecular weight excluding hydrogens is 667 g/mol. The molecule has 45 heavy (non-hydrogen) atoms. The van der Waals surface area contributed by atoms with Crippen LogP contribution in [0.2, 0.25) is 0 Å². The molecule has 0 spiro atoms. The number of hydrogen-bond donors (Lipinski definition) is 7. The van der Waals surface area contributed by atoms with E-state index in [4.69, 9.17) is 41.6 Å². The van der Waals surface area contributed by atoms with E-state index >= 15 is 0 Å². The van der Waals surface area contributed by atoms with E-state index in [0.29, 0.717) is 0 Å². The van der Waals surface area contributed by atoms with Gasteiger partial charge in [0.15, 0.2) is 28.7 Å². The van der Waals surface area contributed by atoms with Crippen LogP contribution in [0.1, 0.15) is 22.8 Å². The van der Waals surface area contributed by atoms with Crippen molar-refractivity contribution < 1.29 is 67.1 Å². The summed E-state index contributed by atoms with van der Waals surface area (Å²) in [5.41, 5.74) is 6.40. The molecule has 7 unspecified atom stereocenters. The van der Waals surface area contributed by atoms with Crippen LogP contribution in [0.15, 0.2) is 17.8 Å². The number of rotatable bonds is 14. The molecule has 8 N–H and O–H groups in total. The minimum Gasteiger partial charge on any atom is -0.438 e. The third-order valence-corrected chi connectivity index (χ3v) is 8.26. The lowest BCUT2D eigenvalue weighted by molar-refractivity contribution is -0.440. The normalized spacial score (nSPS) is 23.4. The Hall–Kier alpha value is -2.96. The summed E-state index contributed by atoms with van der Waals surface area (Å²) in [7, 11) is -2.79. The van der Waals surface area contributed by atoms with E-state index < -0.39 is 64.1 Å². The number of carbonyl (C=O) groups excluding carboxylic acids is 2. The van der Waals surface area contributed by atoms with Gasteiger partial charge in [0.05, 0.1) is 23.5 Å². The molecule has 0 aromatic carbocycles. The van der Waals surface area contributed by atoms with Gasteiger partial charge in [-0.2, -0.15) is 0 Å². The lowest BCUT2D eigenvalue weighted by Crippen LogP contribution is -2.47. The number of anilines is 2. The van der Waals surface area contributed by atoms with Crippen molar-refractivity contribution in [3.05, 3.63) is 27.3 Å². The Morgan fingerprint density at radius 2 is 2.13 bits per heavy atom. The van der Waals surface area contributed by atoms with Crippen molar-refractivity contribution in [3.8, 4) is 0 Å². The molecule has 1 saturated heterocycles. The van der Waals surface area contributed by atoms with E-state index in [0.717, 1.165) is 25.6 Å². The number of nitrogen functional groups attached to an aromatic ring is 1. The predicted molar refractivity (Wildman–Crippen MR) is 153 cm³/mol. The van der Waals surface area contributed by atoms with E-state index in [9.17, 15) is 34.4 Å². The first-order valence-electron chi connectivity index (χ1n) is 12.6. The minimum atomic E-state index is -4.75. The Morgan fingerprint density at radius 3 is 2.80 bits per heavy atom. The van der Waals surface area contributed by atoms with Crippen LogP contribution in [-0.2, 0) is 37.3 Å². The number of amides is 1. The maximum absolute atomic E-state index is 13.0. The SMILES string of the molecule is COCC(O)(OCC1OC(n2cnc3c(=S)nc(N)[nH]c32)C(OC(=O)Nc2ccsc2C(C)=O)C1O)OC(O)OP(=O)(O)OC. The smallest absolute Gasteiger partial charge is 0.438 e. The van der Waals surface area contributed by atoms with Crippen molar-refractivity contribution in [2.24, 2.45) is 0 Å². The van der Waals surface area contributed by atoms with Crippen molar-refractivity contribution in [1.29, 1.82) is 0 Å². The maximum atomic E-state index is 13.0. The quantitative estimate of drug-likeness (QED) is 0.0525. The summed E-state index contributed by atoms with van der Waals surface area (Å²) in [4.78, 5) is 45.4. The van der Waals surface area contributed by atoms with Crippen LogP contribution in [0.3, 0.4) is 0 Å². The van der Waals surface area contributed by atoms with Gasteiger partial charge in [0.2, 0.25) is 0 Å². The van der Waals surface area contributed by atoms with Crippen LogP contribution in [-0.4, -0.2) is 110 Å². The summed E-state index contributed by atoms with van der Waals surface area (Å²) in [5.74, 6) is -3.19. The Balaban J connectivity index is 1.58. The summed E-state index contributed by atoms with van der Waals surface area (Å²) in [5, 5.41) is 35.9. The number of H-pyrrole nitrogens is 1. The number of phosphoric ester groups is 1. The highest BCUT2D eigenvalue weighted by Crippen LogP contribution is 2.43. The monoisotopic (exact) mass is 696 g/mol. The molecule has 7 atom stereocenters. The summed E-state index contributed by atoms with van der Waals surface area (Å²) >= 11 is 6.31. The number of nitrogens with two attached hydrogens (primary N) is 1. The molecule has 1 aliphatic heterocycles. The number of ketones is 1. The fraction of sp³-hybridized carbons (Fsp3) is 0.500. The van der Waals surface area contributed by atoms with Crippen molar-refractivity contribution in [3.63, 3.8) is 0 Å². The van der Waals surface area contributed by atoms with Gasteiger partial charge in [-0.15, -0.1) is 11.3 Å². The molecule has 4 rings (SSSR count). The first-order chi connectivity index (χ1) is 21.2. The number of Topliss-reactive ketones (excluding diaryl/α,β-unsaturated/α-hetero) is 1. The molecule has 3 aromatic rings. The average molecular weight is 697 g/mol. The van der Waals surface area contributed by atoms with Gasteiger partial charge < -0.3 is 49.9 Å². The van der Waals surface area contributed by atoms with E-state index in [-0.39, 0.29) is 38.1 Å². The van der Waals surface area contributed by atoms with Crippen LogP contribution >= 0.6 is 31.4 Å². The second-order valence-corrected chi connectivity index (χ2v) is 12.0. The zero-order valence-electron chi connectivity index (χ0n) is 23.6. The molecule has 0 aliphatic carbocycles. The number of thiophene rings is 1. The van der Waals surface area contributed by atoms with Crippen LogP contribution in [0, 0.1) is 4.64 Å². The molecule has 1 fully saturated rings. The topological polar surface area (TPSA) is 281 Å². The number of nitrogens with zero attached hydrogens (tertiary/aromatic N) is 3. The third kappa shape index (κ3) is 8.26. The summed E-state index contributed by atoms with van der Waals surface area (Å²) in [6.07, 6.45) is -5.64. The number of hydrogen-bond acceptors (Lipinski definition) is 18. The van der Waals surface area contributed by atoms with E-state index in [1.807, 2.05) is 0 Å². The van der Waals surface area contributed by atoms with E-state index in [2.05, 4.69) is 29.3 Å². The van der Waals surface area contributed by atoms with Crippen molar-refractivity contribution in [1.82, 2.24) is 19.5 Å². The highest BCUT2D eigenvalue weighted by atomic mass is 32.1. The first kappa shape index (κ1) is 34.9. The van der Waals surface area contributed by atoms with Crippen molar-refractivity contribution >= 4 is 66.1 Å². The number of imidazole rings is 1. The molecule has 0 bridgehead atoms. The lowest BCUT2D eigenvalue weighted by atomic mass is 10.1. The highest BCUT2D eigenvalue weighted by molar-refractivity contribution is 7.71. The van der Waals surface area contributed by atoms with Gasteiger partial charge in [0, 0.05) is 21.1 Å². The molecule has 4 heterocycles. The van der Waals surface area contributed by atoms with Gasteiger partial charge in [-0.25, -0.2) is 23.9 Å². The molecule has 1 amide bonds. The van der Waals surface area contributed by atoms with Gasteiger partial charge in [-0.1, -0.05) is 12.2 Å². The van der Waals surface area contributed by atoms with Gasteiger partial charge in [-0.05, 0) is 11.4 Å². The highest BCUT2D eigenvalue weighted by Gasteiger charge is 2.49. The summed E-state index contributed by atoms with van der Waals surface area (Å²) < 4.78 is 47.9. The molecule has 23 heteroatoms. The predicted octanol–water partition coefficient (Wildman–Crippen LogP) is 0.576. The van der Waals surface area contributed by atoms with Crippen molar-refractivity contribution in [2.45, 2.75) is 43.9 Å². The molecular formula is C22H29N6O14PS2. The average Bonchev–Trinajstić information content (AvgIpc) is 3.65. The minimum absolute atomic E-state index is 0.0475. The number of aliphatic hydroxyl groups is 3. The van der Waals surface area contributed by atoms with Crippen LogP contribution < -0.4 is 11.1 Å². The Kier molecular flexibility index (Phi) is 11.0. The van der Waals surface area contributed by atoms with Gasteiger partial charge in [0.1, 0.15) is 30.0 Å². The molecule has 0 saturated carbocycles. The van der Waals surface area contributed by atoms with Gasteiger partial charge in [-0.3, -0.25) is 23.9 Å². The number of nitrogens with one attached hydrogen (secondary N) is 2. The fourth-order valence-electron chi connectivity index (χ4n) is 4.14. The number of phosphoric acid groups is 1. The lowest BCUT2D eigenvalue weighted by Gasteiger charge is -2.30. The first-order valence-corrected chi connectivity index (χ1v) is 15.3. The number of ether oxygens (including phenoxy) is 5. The molecule has 3 aromatic heterocycles. The number of fused-ring (bicyclic) bond motifs is 1. The molecule has 0 radical (unpaired) electrons. The Labute approximate surface area is 262 Å². The van der Waals surface area contributed by atoms with Gasteiger partial charge in [0.25, 0.3) is 6.48 Å². The Morgan fingerprint density at radius 1 is 1.40 bits per heavy atom. The Bertz CT molecular complexity index is 1630. The molecule has 248 valence electrons. The number of methoxy groups -OCH3 is 1. The van der Waals surface area contributed by atoms with E-state index in [1.165, 1.54) is 23.9 Å². The third-order valence-electron chi connectivity index (χ3n) is 6.06. The largest absolute Gasteiger partial charge is 0.476 e. The maximum Gasteiger partial charge on any atom is 0.476 e. The summed E-state index contributed by atoms with van der Waals surface area (Å²) in [6, 6.07) is 1.49. The number of aromatic amines is 1. The van der Waals surface area contributed by atoms with Gasteiger partial charge >= 0.3 is 19.9 Å². The second-order valence-electron chi connectivity index (χ2n) is 9.18. The fourth-order valence-corrected chi connectivity index (χ4v) is 5.49. The van der Waals surface area contributed by atoms with Crippen molar-refractivity contribution in [2.75, 3.05) is 38.5 Å². The number of aliphatic hydroxyl groups excluding tert-OH is 2. The number of aromatic nitrogens is 4.